The van der Waals surface area contributed by atoms with Gasteiger partial charge < -0.3 is 20.1 Å². The van der Waals surface area contributed by atoms with E-state index in [1.54, 1.807) is 25.3 Å². The van der Waals surface area contributed by atoms with Gasteiger partial charge in [0.15, 0.2) is 5.78 Å². The molecule has 0 bridgehead atoms. The molecule has 5 nitrogen and oxygen atoms in total. The van der Waals surface area contributed by atoms with Crippen molar-refractivity contribution in [2.24, 2.45) is 0 Å². The van der Waals surface area contributed by atoms with Gasteiger partial charge in [-0.05, 0) is 55.0 Å². The van der Waals surface area contributed by atoms with Crippen LogP contribution < -0.4 is 4.74 Å². The lowest BCUT2D eigenvalue weighted by atomic mass is 9.78. The Kier molecular flexibility index (Phi) is 6.70. The molecule has 2 saturated carbocycles. The molecule has 0 amide bonds. The van der Waals surface area contributed by atoms with Crippen LogP contribution in [-0.4, -0.2) is 39.4 Å². The van der Waals surface area contributed by atoms with E-state index in [0.29, 0.717) is 42.6 Å². The summed E-state index contributed by atoms with van der Waals surface area (Å²) in [6.45, 7) is 0. The summed E-state index contributed by atoms with van der Waals surface area (Å²) in [5.74, 6) is 0.407. The summed E-state index contributed by atoms with van der Waals surface area (Å²) in [7, 11) is 1.59. The van der Waals surface area contributed by atoms with Crippen molar-refractivity contribution < 1.29 is 24.9 Å². The minimum atomic E-state index is -1.28. The molecule has 0 heterocycles. The third-order valence-electron chi connectivity index (χ3n) is 7.33. The molecule has 2 aliphatic rings. The summed E-state index contributed by atoms with van der Waals surface area (Å²) in [6.07, 6.45) is 7.02. The Hall–Kier alpha value is -2.21. The predicted molar refractivity (Wildman–Crippen MR) is 124 cm³/mol. The highest BCUT2D eigenvalue weighted by molar-refractivity contribution is 6.03. The largest absolute Gasteiger partial charge is 0.496 e. The fraction of sp³-hybridized carbons (Fsp3) is 0.519. The Bertz CT molecular complexity index is 937. The van der Waals surface area contributed by atoms with E-state index in [-0.39, 0.29) is 5.78 Å². The third kappa shape index (κ3) is 4.47. The molecule has 32 heavy (non-hydrogen) atoms. The summed E-state index contributed by atoms with van der Waals surface area (Å²) in [5.41, 5.74) is 0.410. The number of ether oxygens (including phenoxy) is 1. The zero-order chi connectivity index (χ0) is 22.8. The zero-order valence-electron chi connectivity index (χ0n) is 18.8. The molecule has 2 aromatic rings. The number of ketones is 1. The molecule has 1 unspecified atom stereocenters. The van der Waals surface area contributed by atoms with Gasteiger partial charge in [-0.3, -0.25) is 4.79 Å². The normalized spacial score (nSPS) is 21.0. The van der Waals surface area contributed by atoms with Crippen LogP contribution in [0.5, 0.6) is 5.75 Å². The highest BCUT2D eigenvalue weighted by Gasteiger charge is 2.38. The average molecular weight is 439 g/mol. The van der Waals surface area contributed by atoms with Crippen LogP contribution in [-0.2, 0) is 0 Å². The smallest absolute Gasteiger partial charge is 0.194 e. The van der Waals surface area contributed by atoms with E-state index >= 15 is 0 Å². The predicted octanol–water partition coefficient (Wildman–Crippen LogP) is 4.97. The standard InChI is InChI=1S/C27H34O5/c1-32-23-13-12-21(25(29)27(31)16-6-3-7-17-27)18-22(23)19-8-10-20(11-9-19)24(28)26(30)14-4-2-5-15-26/h8-13,18,24,28,30-31H,2-7,14-17H2,1H3. The number of rotatable bonds is 6. The van der Waals surface area contributed by atoms with Gasteiger partial charge in [0.25, 0.3) is 0 Å². The first kappa shape index (κ1) is 23.0. The zero-order valence-corrected chi connectivity index (χ0v) is 18.8. The molecule has 2 aliphatic carbocycles. The van der Waals surface area contributed by atoms with Gasteiger partial charge in [0, 0.05) is 11.1 Å². The molecule has 0 saturated heterocycles. The SMILES string of the molecule is COc1ccc(C(=O)C2(O)CCCCC2)cc1-c1ccc(C(O)C2(O)CCCCC2)cc1. The maximum atomic E-state index is 13.1. The van der Waals surface area contributed by atoms with Crippen LogP contribution >= 0.6 is 0 Å². The average Bonchev–Trinajstić information content (AvgIpc) is 2.83. The Balaban J connectivity index is 1.61. The topological polar surface area (TPSA) is 87.0 Å². The second kappa shape index (κ2) is 9.34. The van der Waals surface area contributed by atoms with Gasteiger partial charge in [-0.2, -0.15) is 0 Å². The number of aliphatic hydroxyl groups is 3. The monoisotopic (exact) mass is 438 g/mol. The van der Waals surface area contributed by atoms with Crippen molar-refractivity contribution in [3.63, 3.8) is 0 Å². The molecule has 0 radical (unpaired) electrons. The molecule has 1 atom stereocenters. The van der Waals surface area contributed by atoms with Crippen molar-refractivity contribution in [1.29, 1.82) is 0 Å². The Morgan fingerprint density at radius 1 is 0.875 bits per heavy atom. The van der Waals surface area contributed by atoms with Gasteiger partial charge in [-0.15, -0.1) is 0 Å². The molecule has 2 fully saturated rings. The van der Waals surface area contributed by atoms with Gasteiger partial charge in [-0.1, -0.05) is 62.8 Å². The van der Waals surface area contributed by atoms with Crippen LogP contribution in [0, 0.1) is 0 Å². The molecule has 0 aliphatic heterocycles. The maximum Gasteiger partial charge on any atom is 0.194 e. The first-order valence-electron chi connectivity index (χ1n) is 11.8. The third-order valence-corrected chi connectivity index (χ3v) is 7.33. The van der Waals surface area contributed by atoms with Crippen molar-refractivity contribution in [2.45, 2.75) is 81.5 Å². The van der Waals surface area contributed by atoms with Crippen molar-refractivity contribution in [3.8, 4) is 16.9 Å². The molecule has 0 spiro atoms. The quantitative estimate of drug-likeness (QED) is 0.555. The number of carbonyl (C=O) groups excluding carboxylic acids is 1. The van der Waals surface area contributed by atoms with Crippen molar-refractivity contribution in [1.82, 2.24) is 0 Å². The lowest BCUT2D eigenvalue weighted by Crippen LogP contribution is -2.40. The Morgan fingerprint density at radius 2 is 1.47 bits per heavy atom. The van der Waals surface area contributed by atoms with Crippen LogP contribution in [0.2, 0.25) is 0 Å². The Morgan fingerprint density at radius 3 is 2.06 bits per heavy atom. The maximum absolute atomic E-state index is 13.1. The van der Waals surface area contributed by atoms with Crippen molar-refractivity contribution in [3.05, 3.63) is 53.6 Å². The number of hydrogen-bond donors (Lipinski definition) is 3. The van der Waals surface area contributed by atoms with Gasteiger partial charge in [0.1, 0.15) is 17.5 Å². The van der Waals surface area contributed by atoms with Gasteiger partial charge in [-0.25, -0.2) is 0 Å². The number of benzene rings is 2. The van der Waals surface area contributed by atoms with E-state index in [1.807, 2.05) is 24.3 Å². The fourth-order valence-electron chi connectivity index (χ4n) is 5.30. The molecule has 3 N–H and O–H groups in total. The summed E-state index contributed by atoms with van der Waals surface area (Å²) >= 11 is 0. The van der Waals surface area contributed by atoms with E-state index in [1.165, 1.54) is 0 Å². The van der Waals surface area contributed by atoms with Crippen LogP contribution in [0.1, 0.15) is 86.2 Å². The molecule has 4 rings (SSSR count). The summed E-state index contributed by atoms with van der Waals surface area (Å²) in [5, 5.41) is 32.6. The highest BCUT2D eigenvalue weighted by Crippen LogP contribution is 2.40. The summed E-state index contributed by atoms with van der Waals surface area (Å²) in [6, 6.07) is 12.7. The van der Waals surface area contributed by atoms with E-state index in [4.69, 9.17) is 4.74 Å². The molecular formula is C27H34O5. The number of carbonyl (C=O) groups is 1. The number of hydrogen-bond acceptors (Lipinski definition) is 5. The van der Waals surface area contributed by atoms with Gasteiger partial charge in [0.2, 0.25) is 0 Å². The van der Waals surface area contributed by atoms with E-state index in [2.05, 4.69) is 0 Å². The van der Waals surface area contributed by atoms with E-state index < -0.39 is 17.3 Å². The molecule has 0 aromatic heterocycles. The molecule has 5 heteroatoms. The molecular weight excluding hydrogens is 404 g/mol. The van der Waals surface area contributed by atoms with Crippen LogP contribution in [0.3, 0.4) is 0 Å². The van der Waals surface area contributed by atoms with Crippen LogP contribution in [0.4, 0.5) is 0 Å². The van der Waals surface area contributed by atoms with Gasteiger partial charge >= 0.3 is 0 Å². The highest BCUT2D eigenvalue weighted by atomic mass is 16.5. The molecule has 2 aromatic carbocycles. The number of aliphatic hydroxyl groups excluding tert-OH is 1. The lowest BCUT2D eigenvalue weighted by molar-refractivity contribution is -0.0991. The Labute approximate surface area is 190 Å². The lowest BCUT2D eigenvalue weighted by Gasteiger charge is -2.36. The number of Topliss-reactive ketones (excluding diaryl/α,β-unsaturated/α-hetero) is 1. The van der Waals surface area contributed by atoms with Gasteiger partial charge in [0.05, 0.1) is 12.7 Å². The first-order valence-corrected chi connectivity index (χ1v) is 11.8. The van der Waals surface area contributed by atoms with E-state index in [9.17, 15) is 20.1 Å². The van der Waals surface area contributed by atoms with E-state index in [0.717, 1.165) is 49.7 Å². The second-order valence-electron chi connectivity index (χ2n) is 9.53. The summed E-state index contributed by atoms with van der Waals surface area (Å²) in [4.78, 5) is 13.1. The fourth-order valence-corrected chi connectivity index (χ4v) is 5.30. The van der Waals surface area contributed by atoms with Crippen LogP contribution in [0.15, 0.2) is 42.5 Å². The summed E-state index contributed by atoms with van der Waals surface area (Å²) < 4.78 is 5.53. The van der Waals surface area contributed by atoms with Crippen LogP contribution in [0.25, 0.3) is 11.1 Å². The minimum absolute atomic E-state index is 0.229. The first-order chi connectivity index (χ1) is 15.4. The molecule has 172 valence electrons. The number of methoxy groups -OCH3 is 1. The van der Waals surface area contributed by atoms with Crippen molar-refractivity contribution in [2.75, 3.05) is 7.11 Å². The van der Waals surface area contributed by atoms with Crippen molar-refractivity contribution >= 4 is 5.78 Å². The second-order valence-corrected chi connectivity index (χ2v) is 9.53. The minimum Gasteiger partial charge on any atom is -0.496 e.